The molecule has 1 atom stereocenters. The molecule has 0 aromatic rings. The molecule has 88 valence electrons. The van der Waals surface area contributed by atoms with Crippen LogP contribution in [0.25, 0.3) is 0 Å². The molecule has 0 amide bonds. The lowest BCUT2D eigenvalue weighted by molar-refractivity contribution is 0.484. The van der Waals surface area contributed by atoms with Gasteiger partial charge in [0.2, 0.25) is 10.0 Å². The van der Waals surface area contributed by atoms with Gasteiger partial charge in [-0.1, -0.05) is 33.1 Å². The highest BCUT2D eigenvalue weighted by molar-refractivity contribution is 7.89. The third-order valence-corrected chi connectivity index (χ3v) is 3.35. The summed E-state index contributed by atoms with van der Waals surface area (Å²) in [5.41, 5.74) is 0. The number of rotatable bonds is 8. The second-order valence-electron chi connectivity index (χ2n) is 3.66. The first-order chi connectivity index (χ1) is 7.05. The summed E-state index contributed by atoms with van der Waals surface area (Å²) in [6.07, 6.45) is 4.71. The van der Waals surface area contributed by atoms with Crippen molar-refractivity contribution in [3.8, 4) is 6.07 Å². The molecule has 0 saturated heterocycles. The van der Waals surface area contributed by atoms with Gasteiger partial charge in [-0.25, -0.2) is 13.1 Å². The molecule has 0 rings (SSSR count). The van der Waals surface area contributed by atoms with Gasteiger partial charge in [0.05, 0.1) is 6.07 Å². The van der Waals surface area contributed by atoms with Gasteiger partial charge in [0, 0.05) is 6.04 Å². The van der Waals surface area contributed by atoms with E-state index in [0.29, 0.717) is 0 Å². The summed E-state index contributed by atoms with van der Waals surface area (Å²) in [4.78, 5) is 0. The second kappa shape index (κ2) is 7.66. The number of unbranched alkanes of at least 4 members (excludes halogenated alkanes) is 1. The second-order valence-corrected chi connectivity index (χ2v) is 5.42. The number of nitrogens with one attached hydrogen (secondary N) is 1. The zero-order valence-corrected chi connectivity index (χ0v) is 10.3. The normalized spacial score (nSPS) is 13.4. The summed E-state index contributed by atoms with van der Waals surface area (Å²) < 4.78 is 25.3. The highest BCUT2D eigenvalue weighted by Crippen LogP contribution is 2.08. The Morgan fingerprint density at radius 2 is 1.93 bits per heavy atom. The summed E-state index contributed by atoms with van der Waals surface area (Å²) in [5, 5.41) is 8.35. The number of nitrogens with zero attached hydrogens (tertiary/aromatic N) is 1. The molecule has 0 saturated carbocycles. The Kier molecular flexibility index (Phi) is 7.35. The van der Waals surface area contributed by atoms with E-state index < -0.39 is 15.8 Å². The summed E-state index contributed by atoms with van der Waals surface area (Å²) in [5.74, 6) is -0.445. The average molecular weight is 232 g/mol. The third-order valence-electron chi connectivity index (χ3n) is 2.14. The molecule has 0 radical (unpaired) electrons. The fraction of sp³-hybridized carbons (Fsp3) is 0.900. The number of sulfonamides is 1. The van der Waals surface area contributed by atoms with Crippen molar-refractivity contribution in [3.05, 3.63) is 0 Å². The van der Waals surface area contributed by atoms with E-state index in [1.165, 1.54) is 0 Å². The molecule has 0 bridgehead atoms. The quantitative estimate of drug-likeness (QED) is 0.693. The molecule has 5 heteroatoms. The third kappa shape index (κ3) is 7.34. The van der Waals surface area contributed by atoms with E-state index in [-0.39, 0.29) is 6.04 Å². The molecule has 0 heterocycles. The molecule has 0 aliphatic carbocycles. The van der Waals surface area contributed by atoms with Gasteiger partial charge in [0.25, 0.3) is 0 Å². The van der Waals surface area contributed by atoms with Gasteiger partial charge in [-0.3, -0.25) is 0 Å². The van der Waals surface area contributed by atoms with Crippen LogP contribution in [0.15, 0.2) is 0 Å². The zero-order valence-electron chi connectivity index (χ0n) is 9.49. The summed E-state index contributed by atoms with van der Waals surface area (Å²) in [6.45, 7) is 4.10. The van der Waals surface area contributed by atoms with Crippen LogP contribution in [0.4, 0.5) is 0 Å². The van der Waals surface area contributed by atoms with Crippen molar-refractivity contribution >= 4 is 10.0 Å². The van der Waals surface area contributed by atoms with Gasteiger partial charge in [0.15, 0.2) is 5.75 Å². The van der Waals surface area contributed by atoms with Crippen LogP contribution in [0.3, 0.4) is 0 Å². The molecule has 4 nitrogen and oxygen atoms in total. The first-order valence-electron chi connectivity index (χ1n) is 5.42. The van der Waals surface area contributed by atoms with Gasteiger partial charge in [0.1, 0.15) is 0 Å². The van der Waals surface area contributed by atoms with Crippen molar-refractivity contribution in [1.82, 2.24) is 4.72 Å². The first kappa shape index (κ1) is 14.4. The predicted octanol–water partition coefficient (Wildman–Crippen LogP) is 1.79. The highest BCUT2D eigenvalue weighted by Gasteiger charge is 2.16. The molecular formula is C10H20N2O2S. The predicted molar refractivity (Wildman–Crippen MR) is 60.8 cm³/mol. The molecule has 0 aromatic carbocycles. The Morgan fingerprint density at radius 3 is 2.40 bits per heavy atom. The van der Waals surface area contributed by atoms with Crippen LogP contribution in [0.5, 0.6) is 0 Å². The van der Waals surface area contributed by atoms with Crippen molar-refractivity contribution in [2.24, 2.45) is 0 Å². The van der Waals surface area contributed by atoms with E-state index in [9.17, 15) is 8.42 Å². The molecule has 0 fully saturated rings. The smallest absolute Gasteiger partial charge is 0.211 e. The van der Waals surface area contributed by atoms with Crippen LogP contribution in [0.2, 0.25) is 0 Å². The standard InChI is InChI=1S/C10H20N2O2S/c1-3-5-7-10(6-4-2)12-15(13,14)9-8-11/h10,12H,3-7,9H2,1-2H3. The van der Waals surface area contributed by atoms with Gasteiger partial charge in [-0.05, 0) is 12.8 Å². The maximum Gasteiger partial charge on any atom is 0.225 e. The van der Waals surface area contributed by atoms with Crippen LogP contribution in [-0.2, 0) is 10.0 Å². The first-order valence-corrected chi connectivity index (χ1v) is 7.07. The van der Waals surface area contributed by atoms with Crippen molar-refractivity contribution in [3.63, 3.8) is 0 Å². The maximum atomic E-state index is 11.3. The Balaban J connectivity index is 4.21. The Bertz CT molecular complexity index is 293. The van der Waals surface area contributed by atoms with Crippen LogP contribution in [0, 0.1) is 11.3 Å². The van der Waals surface area contributed by atoms with Crippen molar-refractivity contribution < 1.29 is 8.42 Å². The average Bonchev–Trinajstić information content (AvgIpc) is 2.14. The highest BCUT2D eigenvalue weighted by atomic mass is 32.2. The molecule has 0 spiro atoms. The lowest BCUT2D eigenvalue weighted by Gasteiger charge is -2.16. The van der Waals surface area contributed by atoms with E-state index in [0.717, 1.165) is 32.1 Å². The lowest BCUT2D eigenvalue weighted by Crippen LogP contribution is -2.36. The minimum atomic E-state index is -3.39. The van der Waals surface area contributed by atoms with Gasteiger partial charge in [-0.2, -0.15) is 5.26 Å². The fourth-order valence-electron chi connectivity index (χ4n) is 1.44. The van der Waals surface area contributed by atoms with Crippen molar-refractivity contribution in [1.29, 1.82) is 5.26 Å². The topological polar surface area (TPSA) is 70.0 Å². The van der Waals surface area contributed by atoms with Gasteiger partial charge in [-0.15, -0.1) is 0 Å². The van der Waals surface area contributed by atoms with Crippen LogP contribution < -0.4 is 4.72 Å². The van der Waals surface area contributed by atoms with Gasteiger partial charge < -0.3 is 0 Å². The van der Waals surface area contributed by atoms with Crippen molar-refractivity contribution in [2.75, 3.05) is 5.75 Å². The van der Waals surface area contributed by atoms with E-state index in [2.05, 4.69) is 11.6 Å². The van der Waals surface area contributed by atoms with Gasteiger partial charge >= 0.3 is 0 Å². The van der Waals surface area contributed by atoms with E-state index in [1.807, 2.05) is 6.92 Å². The lowest BCUT2D eigenvalue weighted by atomic mass is 10.1. The molecule has 1 N–H and O–H groups in total. The molecule has 0 aliphatic heterocycles. The fourth-order valence-corrected chi connectivity index (χ4v) is 2.44. The Labute approximate surface area is 92.7 Å². The monoisotopic (exact) mass is 232 g/mol. The Hall–Kier alpha value is -0.600. The van der Waals surface area contributed by atoms with E-state index in [1.54, 1.807) is 6.07 Å². The number of hydrogen-bond donors (Lipinski definition) is 1. The molecule has 0 aromatic heterocycles. The molecular weight excluding hydrogens is 212 g/mol. The maximum absolute atomic E-state index is 11.3. The summed E-state index contributed by atoms with van der Waals surface area (Å²) in [7, 11) is -3.39. The largest absolute Gasteiger partial charge is 0.225 e. The SMILES string of the molecule is CCCCC(CCC)NS(=O)(=O)CC#N. The van der Waals surface area contributed by atoms with Crippen molar-refractivity contribution in [2.45, 2.75) is 52.0 Å². The Morgan fingerprint density at radius 1 is 1.27 bits per heavy atom. The van der Waals surface area contributed by atoms with Crippen LogP contribution in [-0.4, -0.2) is 20.2 Å². The summed E-state index contributed by atoms with van der Waals surface area (Å²) in [6, 6.07) is 1.65. The zero-order chi connectivity index (χ0) is 11.7. The molecule has 15 heavy (non-hydrogen) atoms. The van der Waals surface area contributed by atoms with Crippen LogP contribution in [0.1, 0.15) is 46.0 Å². The number of hydrogen-bond acceptors (Lipinski definition) is 3. The summed E-state index contributed by atoms with van der Waals surface area (Å²) >= 11 is 0. The van der Waals surface area contributed by atoms with E-state index >= 15 is 0 Å². The molecule has 0 aliphatic rings. The van der Waals surface area contributed by atoms with E-state index in [4.69, 9.17) is 5.26 Å². The molecule has 1 unspecified atom stereocenters. The van der Waals surface area contributed by atoms with Crippen LogP contribution >= 0.6 is 0 Å². The minimum absolute atomic E-state index is 0.00620. The number of nitriles is 1. The minimum Gasteiger partial charge on any atom is -0.211 e.